The minimum atomic E-state index is -4.93. The number of fused-ring (bicyclic) bond motifs is 1. The lowest BCUT2D eigenvalue weighted by atomic mass is 10.1. The van der Waals surface area contributed by atoms with E-state index in [0.717, 1.165) is 12.1 Å². The maximum Gasteiger partial charge on any atom is 0.341 e. The van der Waals surface area contributed by atoms with Crippen LogP contribution in [0.25, 0.3) is 11.3 Å². The van der Waals surface area contributed by atoms with Gasteiger partial charge in [-0.15, -0.1) is 0 Å². The molecule has 1 N–H and O–H groups in total. The summed E-state index contributed by atoms with van der Waals surface area (Å²) in [4.78, 5) is 11.7. The quantitative estimate of drug-likeness (QED) is 0.615. The number of rotatable bonds is 6. The smallest absolute Gasteiger partial charge is 0.341 e. The van der Waals surface area contributed by atoms with E-state index in [2.05, 4.69) is 10.5 Å². The number of benzene rings is 2. The number of aromatic nitrogens is 1. The third-order valence-corrected chi connectivity index (χ3v) is 5.93. The predicted octanol–water partition coefficient (Wildman–Crippen LogP) is 3.04. The molecule has 0 aliphatic carbocycles. The van der Waals surface area contributed by atoms with Crippen LogP contribution < -0.4 is 14.8 Å². The summed E-state index contributed by atoms with van der Waals surface area (Å²) in [6.45, 7) is 0.809. The SMILES string of the molecule is O=C(NCc1cc(-c2ccc3c(c2)OCCO3)on1)c1ccccc1S(=O)(=O)C(F)F. The van der Waals surface area contributed by atoms with Crippen molar-refractivity contribution in [3.63, 3.8) is 0 Å². The van der Waals surface area contributed by atoms with Gasteiger partial charge in [0.15, 0.2) is 17.3 Å². The predicted molar refractivity (Wildman–Crippen MR) is 104 cm³/mol. The van der Waals surface area contributed by atoms with E-state index in [1.807, 2.05) is 0 Å². The van der Waals surface area contributed by atoms with Gasteiger partial charge in [0.25, 0.3) is 5.91 Å². The van der Waals surface area contributed by atoms with Gasteiger partial charge in [-0.25, -0.2) is 8.42 Å². The second-order valence-corrected chi connectivity index (χ2v) is 8.41. The molecule has 0 atom stereocenters. The molecular formula is C20H16F2N2O6S. The zero-order chi connectivity index (χ0) is 22.0. The number of nitrogens with one attached hydrogen (secondary N) is 1. The molecule has 1 amide bonds. The van der Waals surface area contributed by atoms with Gasteiger partial charge in [-0.05, 0) is 30.3 Å². The summed E-state index contributed by atoms with van der Waals surface area (Å²) in [5, 5.41) is 6.34. The van der Waals surface area contributed by atoms with Gasteiger partial charge >= 0.3 is 5.76 Å². The van der Waals surface area contributed by atoms with Crippen LogP contribution in [0.1, 0.15) is 16.1 Å². The van der Waals surface area contributed by atoms with E-state index in [4.69, 9.17) is 14.0 Å². The molecule has 1 aromatic heterocycles. The number of nitrogens with zero attached hydrogens (tertiary/aromatic N) is 1. The second-order valence-electron chi connectivity index (χ2n) is 6.53. The zero-order valence-electron chi connectivity index (χ0n) is 15.9. The van der Waals surface area contributed by atoms with Crippen LogP contribution in [0.3, 0.4) is 0 Å². The van der Waals surface area contributed by atoms with Gasteiger partial charge in [-0.3, -0.25) is 4.79 Å². The molecule has 1 aliphatic rings. The molecule has 2 heterocycles. The summed E-state index contributed by atoms with van der Waals surface area (Å²) in [6, 6.07) is 11.6. The first-order valence-electron chi connectivity index (χ1n) is 9.11. The van der Waals surface area contributed by atoms with Crippen molar-refractivity contribution in [1.29, 1.82) is 0 Å². The van der Waals surface area contributed by atoms with Crippen molar-refractivity contribution in [2.45, 2.75) is 17.2 Å². The largest absolute Gasteiger partial charge is 0.486 e. The second kappa shape index (κ2) is 8.34. The van der Waals surface area contributed by atoms with Gasteiger partial charge in [-0.2, -0.15) is 8.78 Å². The Kier molecular flexibility index (Phi) is 5.59. The minimum Gasteiger partial charge on any atom is -0.486 e. The number of hydrogen-bond donors (Lipinski definition) is 1. The van der Waals surface area contributed by atoms with Crippen LogP contribution in [-0.4, -0.2) is 38.5 Å². The summed E-state index contributed by atoms with van der Waals surface area (Å²) < 4.78 is 65.7. The first-order chi connectivity index (χ1) is 14.9. The summed E-state index contributed by atoms with van der Waals surface area (Å²) in [5.74, 6) is -2.84. The summed E-state index contributed by atoms with van der Waals surface area (Å²) >= 11 is 0. The number of halogens is 2. The Morgan fingerprint density at radius 2 is 1.81 bits per heavy atom. The molecule has 8 nitrogen and oxygen atoms in total. The van der Waals surface area contributed by atoms with Gasteiger partial charge in [-0.1, -0.05) is 17.3 Å². The molecule has 0 fully saturated rings. The van der Waals surface area contributed by atoms with Crippen LogP contribution in [-0.2, 0) is 16.4 Å². The molecule has 3 aromatic rings. The number of carbonyl (C=O) groups excluding carboxylic acids is 1. The number of carbonyl (C=O) groups is 1. The number of alkyl halides is 2. The molecular weight excluding hydrogens is 434 g/mol. The van der Waals surface area contributed by atoms with Gasteiger partial charge in [0.2, 0.25) is 9.84 Å². The number of hydrogen-bond acceptors (Lipinski definition) is 7. The minimum absolute atomic E-state index is 0.101. The Morgan fingerprint density at radius 3 is 2.58 bits per heavy atom. The molecule has 2 aromatic carbocycles. The molecule has 0 unspecified atom stereocenters. The maximum atomic E-state index is 12.9. The topological polar surface area (TPSA) is 108 Å². The van der Waals surface area contributed by atoms with Crippen molar-refractivity contribution in [3.8, 4) is 22.8 Å². The fourth-order valence-corrected chi connectivity index (χ4v) is 3.92. The van der Waals surface area contributed by atoms with E-state index in [1.165, 1.54) is 12.1 Å². The fraction of sp³-hybridized carbons (Fsp3) is 0.200. The van der Waals surface area contributed by atoms with E-state index in [-0.39, 0.29) is 12.1 Å². The van der Waals surface area contributed by atoms with Crippen molar-refractivity contribution >= 4 is 15.7 Å². The molecule has 11 heteroatoms. The van der Waals surface area contributed by atoms with Crippen LogP contribution in [0.4, 0.5) is 8.78 Å². The van der Waals surface area contributed by atoms with Crippen LogP contribution in [0.15, 0.2) is 57.9 Å². The lowest BCUT2D eigenvalue weighted by Gasteiger charge is -2.18. The molecule has 31 heavy (non-hydrogen) atoms. The molecule has 0 saturated carbocycles. The van der Waals surface area contributed by atoms with Gasteiger partial charge in [0.1, 0.15) is 18.9 Å². The van der Waals surface area contributed by atoms with E-state index < -0.39 is 26.4 Å². The highest BCUT2D eigenvalue weighted by atomic mass is 32.2. The van der Waals surface area contributed by atoms with Crippen molar-refractivity contribution in [2.75, 3.05) is 13.2 Å². The van der Waals surface area contributed by atoms with Crippen LogP contribution >= 0.6 is 0 Å². The van der Waals surface area contributed by atoms with Crippen molar-refractivity contribution in [3.05, 3.63) is 59.8 Å². The monoisotopic (exact) mass is 450 g/mol. The van der Waals surface area contributed by atoms with Gasteiger partial charge < -0.3 is 19.3 Å². The first-order valence-corrected chi connectivity index (χ1v) is 10.7. The van der Waals surface area contributed by atoms with Crippen molar-refractivity contribution in [1.82, 2.24) is 10.5 Å². The zero-order valence-corrected chi connectivity index (χ0v) is 16.7. The number of sulfone groups is 1. The summed E-state index contributed by atoms with van der Waals surface area (Å²) in [7, 11) is -4.93. The number of ether oxygens (including phenoxy) is 2. The Labute approximate surface area is 175 Å². The Morgan fingerprint density at radius 1 is 1.06 bits per heavy atom. The highest BCUT2D eigenvalue weighted by molar-refractivity contribution is 7.91. The summed E-state index contributed by atoms with van der Waals surface area (Å²) in [5.41, 5.74) is 0.661. The average molecular weight is 450 g/mol. The molecule has 0 radical (unpaired) electrons. The molecule has 4 rings (SSSR count). The lowest BCUT2D eigenvalue weighted by molar-refractivity contribution is 0.0946. The number of amides is 1. The molecule has 0 bridgehead atoms. The molecule has 0 spiro atoms. The van der Waals surface area contributed by atoms with Crippen LogP contribution in [0.2, 0.25) is 0 Å². The molecule has 1 aliphatic heterocycles. The standard InChI is InChI=1S/C20H16F2N2O6S/c21-20(22)31(26,27)18-4-2-1-3-14(18)19(25)23-11-13-10-16(30-24-13)12-5-6-15-17(9-12)29-8-7-28-15/h1-6,9-10,20H,7-8,11H2,(H,23,25). The fourth-order valence-electron chi connectivity index (χ4n) is 2.99. The van der Waals surface area contributed by atoms with E-state index in [0.29, 0.717) is 41.7 Å². The summed E-state index contributed by atoms with van der Waals surface area (Å²) in [6.07, 6.45) is 0. The third kappa shape index (κ3) is 4.22. The Balaban J connectivity index is 1.48. The van der Waals surface area contributed by atoms with Gasteiger partial charge in [0, 0.05) is 11.6 Å². The Hall–Kier alpha value is -3.47. The van der Waals surface area contributed by atoms with Crippen molar-refractivity contribution < 1.29 is 36.0 Å². The van der Waals surface area contributed by atoms with E-state index in [9.17, 15) is 22.0 Å². The third-order valence-electron chi connectivity index (χ3n) is 4.49. The van der Waals surface area contributed by atoms with Gasteiger partial charge in [0.05, 0.1) is 17.0 Å². The van der Waals surface area contributed by atoms with E-state index >= 15 is 0 Å². The Bertz CT molecular complexity index is 1230. The van der Waals surface area contributed by atoms with Crippen molar-refractivity contribution in [2.24, 2.45) is 0 Å². The first kappa shape index (κ1) is 20.8. The highest BCUT2D eigenvalue weighted by Gasteiger charge is 2.30. The van der Waals surface area contributed by atoms with Crippen LogP contribution in [0.5, 0.6) is 11.5 Å². The highest BCUT2D eigenvalue weighted by Crippen LogP contribution is 2.34. The molecule has 162 valence electrons. The average Bonchev–Trinajstić information content (AvgIpc) is 3.26. The van der Waals surface area contributed by atoms with Crippen LogP contribution in [0, 0.1) is 0 Å². The van der Waals surface area contributed by atoms with E-state index in [1.54, 1.807) is 24.3 Å². The maximum absolute atomic E-state index is 12.9. The molecule has 0 saturated heterocycles. The normalized spacial score (nSPS) is 13.3. The lowest BCUT2D eigenvalue weighted by Crippen LogP contribution is -2.26.